The van der Waals surface area contributed by atoms with Crippen LogP contribution in [0.3, 0.4) is 0 Å². The highest BCUT2D eigenvalue weighted by molar-refractivity contribution is 7.14. The minimum atomic E-state index is -0.460. The zero-order chi connectivity index (χ0) is 22.0. The molecule has 3 aromatic rings. The van der Waals surface area contributed by atoms with Crippen molar-refractivity contribution in [2.75, 3.05) is 31.0 Å². The lowest BCUT2D eigenvalue weighted by Crippen LogP contribution is -2.28. The van der Waals surface area contributed by atoms with E-state index in [0.29, 0.717) is 23.1 Å². The Balaban J connectivity index is 1.48. The first kappa shape index (κ1) is 20.9. The number of hydrogen-bond donors (Lipinski definition) is 1. The number of carbonyl (C=O) groups is 2. The standard InChI is InChI=1S/C23H23N3O4S/c1-14-8-9-19(29-2)16(10-14)17-13-31-23(24-17)25-22(28)15-11-21(27)26(12-15)18-6-4-5-7-20(18)30-3/h4-10,13,15H,11-12H2,1-3H3,(H,24,25,28). The van der Waals surface area contributed by atoms with E-state index in [2.05, 4.69) is 10.3 Å². The molecule has 1 aliphatic heterocycles. The van der Waals surface area contributed by atoms with Gasteiger partial charge in [-0.2, -0.15) is 0 Å². The van der Waals surface area contributed by atoms with Crippen molar-refractivity contribution in [3.8, 4) is 22.8 Å². The summed E-state index contributed by atoms with van der Waals surface area (Å²) in [6, 6.07) is 13.2. The van der Waals surface area contributed by atoms with Crippen LogP contribution in [0.4, 0.5) is 10.8 Å². The second-order valence-electron chi connectivity index (χ2n) is 7.31. The Hall–Kier alpha value is -3.39. The molecule has 31 heavy (non-hydrogen) atoms. The maximum atomic E-state index is 12.8. The van der Waals surface area contributed by atoms with Crippen molar-refractivity contribution in [3.05, 3.63) is 53.4 Å². The third-order valence-corrected chi connectivity index (χ3v) is 5.99. The maximum absolute atomic E-state index is 12.8. The predicted octanol–water partition coefficient (Wildman–Crippen LogP) is 4.13. The van der Waals surface area contributed by atoms with Gasteiger partial charge in [0.1, 0.15) is 11.5 Å². The van der Waals surface area contributed by atoms with Gasteiger partial charge in [-0.3, -0.25) is 9.59 Å². The molecule has 0 saturated carbocycles. The molecule has 1 N–H and O–H groups in total. The van der Waals surface area contributed by atoms with Crippen LogP contribution >= 0.6 is 11.3 Å². The fourth-order valence-electron chi connectivity index (χ4n) is 3.65. The molecule has 160 valence electrons. The number of anilines is 2. The van der Waals surface area contributed by atoms with Crippen molar-refractivity contribution in [2.24, 2.45) is 5.92 Å². The lowest BCUT2D eigenvalue weighted by molar-refractivity contribution is -0.122. The van der Waals surface area contributed by atoms with E-state index in [1.807, 2.05) is 48.7 Å². The smallest absolute Gasteiger partial charge is 0.231 e. The molecule has 4 rings (SSSR count). The maximum Gasteiger partial charge on any atom is 0.231 e. The van der Waals surface area contributed by atoms with E-state index in [9.17, 15) is 9.59 Å². The number of methoxy groups -OCH3 is 2. The molecule has 0 bridgehead atoms. The summed E-state index contributed by atoms with van der Waals surface area (Å²) < 4.78 is 10.8. The molecular formula is C23H23N3O4S. The number of nitrogens with zero attached hydrogens (tertiary/aromatic N) is 2. The van der Waals surface area contributed by atoms with E-state index in [4.69, 9.17) is 9.47 Å². The molecule has 7 nitrogen and oxygen atoms in total. The minimum Gasteiger partial charge on any atom is -0.496 e. The van der Waals surface area contributed by atoms with E-state index in [1.165, 1.54) is 11.3 Å². The Morgan fingerprint density at radius 2 is 1.94 bits per heavy atom. The number of carbonyl (C=O) groups excluding carboxylic acids is 2. The molecule has 0 radical (unpaired) electrons. The number of rotatable bonds is 6. The molecule has 1 atom stereocenters. The van der Waals surface area contributed by atoms with Gasteiger partial charge in [-0.05, 0) is 31.2 Å². The fraction of sp³-hybridized carbons (Fsp3) is 0.261. The summed E-state index contributed by atoms with van der Waals surface area (Å²) in [7, 11) is 3.18. The Morgan fingerprint density at radius 3 is 2.71 bits per heavy atom. The lowest BCUT2D eigenvalue weighted by Gasteiger charge is -2.19. The first-order valence-corrected chi connectivity index (χ1v) is 10.7. The summed E-state index contributed by atoms with van der Waals surface area (Å²) in [5.74, 6) is 0.547. The number of amides is 2. The number of para-hydroxylation sites is 2. The van der Waals surface area contributed by atoms with Gasteiger partial charge in [0.2, 0.25) is 11.8 Å². The Kier molecular flexibility index (Phi) is 5.90. The van der Waals surface area contributed by atoms with Crippen LogP contribution in [0.25, 0.3) is 11.3 Å². The van der Waals surface area contributed by atoms with Gasteiger partial charge in [0.25, 0.3) is 0 Å². The molecule has 1 fully saturated rings. The van der Waals surface area contributed by atoms with Gasteiger partial charge >= 0.3 is 0 Å². The number of aryl methyl sites for hydroxylation is 1. The third-order valence-electron chi connectivity index (χ3n) is 5.24. The number of benzene rings is 2. The highest BCUT2D eigenvalue weighted by Gasteiger charge is 2.36. The summed E-state index contributed by atoms with van der Waals surface area (Å²) >= 11 is 1.34. The molecule has 0 aliphatic carbocycles. The average molecular weight is 438 g/mol. The molecule has 2 amide bonds. The Bertz CT molecular complexity index is 1130. The first-order chi connectivity index (χ1) is 15.0. The molecule has 2 aromatic carbocycles. The van der Waals surface area contributed by atoms with Gasteiger partial charge in [0.15, 0.2) is 5.13 Å². The number of ether oxygens (including phenoxy) is 2. The summed E-state index contributed by atoms with van der Waals surface area (Å²) in [4.78, 5) is 31.6. The minimum absolute atomic E-state index is 0.103. The molecule has 1 unspecified atom stereocenters. The van der Waals surface area contributed by atoms with E-state index in [0.717, 1.165) is 22.6 Å². The van der Waals surface area contributed by atoms with E-state index >= 15 is 0 Å². The topological polar surface area (TPSA) is 80.8 Å². The van der Waals surface area contributed by atoms with Crippen LogP contribution in [-0.4, -0.2) is 37.6 Å². The Labute approximate surface area is 184 Å². The van der Waals surface area contributed by atoms with Gasteiger partial charge in [0.05, 0.1) is 31.5 Å². The summed E-state index contributed by atoms with van der Waals surface area (Å²) in [5, 5.41) is 5.24. The van der Waals surface area contributed by atoms with Crippen LogP contribution in [0.1, 0.15) is 12.0 Å². The zero-order valence-corrected chi connectivity index (χ0v) is 18.4. The first-order valence-electron chi connectivity index (χ1n) is 9.85. The third kappa shape index (κ3) is 4.25. The highest BCUT2D eigenvalue weighted by Crippen LogP contribution is 2.35. The van der Waals surface area contributed by atoms with Crippen LogP contribution in [0.2, 0.25) is 0 Å². The van der Waals surface area contributed by atoms with Crippen molar-refractivity contribution < 1.29 is 19.1 Å². The normalized spacial score (nSPS) is 15.8. The largest absolute Gasteiger partial charge is 0.496 e. The van der Waals surface area contributed by atoms with Crippen LogP contribution in [-0.2, 0) is 9.59 Å². The van der Waals surface area contributed by atoms with Crippen molar-refractivity contribution in [3.63, 3.8) is 0 Å². The monoisotopic (exact) mass is 437 g/mol. The molecule has 0 spiro atoms. The summed E-state index contributed by atoms with van der Waals surface area (Å²) in [5.41, 5.74) is 3.38. The van der Waals surface area contributed by atoms with Crippen LogP contribution < -0.4 is 19.7 Å². The van der Waals surface area contributed by atoms with Crippen molar-refractivity contribution in [1.82, 2.24) is 4.98 Å². The predicted molar refractivity (Wildman–Crippen MR) is 121 cm³/mol. The van der Waals surface area contributed by atoms with E-state index in [-0.39, 0.29) is 18.2 Å². The van der Waals surface area contributed by atoms with Crippen LogP contribution in [0.5, 0.6) is 11.5 Å². The highest BCUT2D eigenvalue weighted by atomic mass is 32.1. The second-order valence-corrected chi connectivity index (χ2v) is 8.17. The van der Waals surface area contributed by atoms with Crippen molar-refractivity contribution in [2.45, 2.75) is 13.3 Å². The van der Waals surface area contributed by atoms with E-state index in [1.54, 1.807) is 25.2 Å². The van der Waals surface area contributed by atoms with Crippen LogP contribution in [0, 0.1) is 12.8 Å². The molecule has 1 aromatic heterocycles. The lowest BCUT2D eigenvalue weighted by atomic mass is 10.1. The van der Waals surface area contributed by atoms with Crippen LogP contribution in [0.15, 0.2) is 47.8 Å². The van der Waals surface area contributed by atoms with Gasteiger partial charge in [-0.15, -0.1) is 11.3 Å². The van der Waals surface area contributed by atoms with E-state index < -0.39 is 5.92 Å². The number of nitrogens with one attached hydrogen (secondary N) is 1. The fourth-order valence-corrected chi connectivity index (χ4v) is 4.37. The SMILES string of the molecule is COc1ccc(C)cc1-c1csc(NC(=O)C2CC(=O)N(c3ccccc3OC)C2)n1. The van der Waals surface area contributed by atoms with Gasteiger partial charge in [-0.1, -0.05) is 23.8 Å². The molecular weight excluding hydrogens is 414 g/mol. The molecule has 8 heteroatoms. The average Bonchev–Trinajstić information content (AvgIpc) is 3.40. The second kappa shape index (κ2) is 8.77. The number of hydrogen-bond acceptors (Lipinski definition) is 6. The number of thiazole rings is 1. The zero-order valence-electron chi connectivity index (χ0n) is 17.5. The van der Waals surface area contributed by atoms with Crippen molar-refractivity contribution in [1.29, 1.82) is 0 Å². The molecule has 1 saturated heterocycles. The van der Waals surface area contributed by atoms with Gasteiger partial charge in [0, 0.05) is 23.9 Å². The van der Waals surface area contributed by atoms with Gasteiger partial charge in [-0.25, -0.2) is 4.98 Å². The Morgan fingerprint density at radius 1 is 1.16 bits per heavy atom. The quantitative estimate of drug-likeness (QED) is 0.627. The summed E-state index contributed by atoms with van der Waals surface area (Å²) in [6.45, 7) is 2.30. The number of aromatic nitrogens is 1. The summed E-state index contributed by atoms with van der Waals surface area (Å²) in [6.07, 6.45) is 0.147. The molecule has 2 heterocycles. The molecule has 1 aliphatic rings. The van der Waals surface area contributed by atoms with Crippen molar-refractivity contribution >= 4 is 34.0 Å². The van der Waals surface area contributed by atoms with Gasteiger partial charge < -0.3 is 19.7 Å².